The van der Waals surface area contributed by atoms with E-state index in [-0.39, 0.29) is 22.6 Å². The Labute approximate surface area is 185 Å². The summed E-state index contributed by atoms with van der Waals surface area (Å²) in [5, 5.41) is 11.9. The first-order chi connectivity index (χ1) is 15.1. The molecule has 0 saturated carbocycles. The zero-order valence-corrected chi connectivity index (χ0v) is 18.4. The van der Waals surface area contributed by atoms with Crippen molar-refractivity contribution < 1.29 is 14.0 Å². The molecule has 9 heteroatoms. The number of carbonyl (C=O) groups is 2. The molecule has 2 fully saturated rings. The van der Waals surface area contributed by atoms with Crippen LogP contribution in [0.5, 0.6) is 0 Å². The Morgan fingerprint density at radius 1 is 1.00 bits per heavy atom. The Hall–Kier alpha value is -2.39. The van der Waals surface area contributed by atoms with E-state index in [0.717, 1.165) is 56.9 Å². The van der Waals surface area contributed by atoms with Gasteiger partial charge >= 0.3 is 0 Å². The number of hydrogen-bond acceptors (Lipinski definition) is 6. The molecule has 0 radical (unpaired) electrons. The smallest absolute Gasteiger partial charge is 0.286 e. The van der Waals surface area contributed by atoms with Gasteiger partial charge in [-0.15, -0.1) is 10.2 Å². The van der Waals surface area contributed by atoms with Crippen LogP contribution in [0.15, 0.2) is 24.3 Å². The zero-order valence-electron chi connectivity index (χ0n) is 17.6. The Balaban J connectivity index is 1.25. The van der Waals surface area contributed by atoms with E-state index in [1.807, 2.05) is 0 Å². The van der Waals surface area contributed by atoms with Gasteiger partial charge in [0.1, 0.15) is 10.8 Å². The number of hydrogen-bond donors (Lipinski definition) is 1. The number of rotatable bonds is 5. The minimum Gasteiger partial charge on any atom is -0.342 e. The number of carbonyl (C=O) groups excluding carboxylic acids is 2. The summed E-state index contributed by atoms with van der Waals surface area (Å²) in [4.78, 5) is 29.5. The fraction of sp³-hybridized carbons (Fsp3) is 0.545. The lowest BCUT2D eigenvalue weighted by atomic mass is 9.95. The second kappa shape index (κ2) is 10.3. The lowest BCUT2D eigenvalue weighted by Gasteiger charge is -2.33. The van der Waals surface area contributed by atoms with Gasteiger partial charge in [-0.05, 0) is 63.0 Å². The lowest BCUT2D eigenvalue weighted by molar-refractivity contribution is -0.137. The first-order valence-electron chi connectivity index (χ1n) is 11.0. The van der Waals surface area contributed by atoms with Crippen LogP contribution >= 0.6 is 11.3 Å². The number of aromatic nitrogens is 2. The monoisotopic (exact) mass is 445 g/mol. The minimum atomic E-state index is -0.354. The van der Waals surface area contributed by atoms with Gasteiger partial charge in [0.15, 0.2) is 0 Å². The van der Waals surface area contributed by atoms with E-state index in [1.54, 1.807) is 0 Å². The maximum atomic E-state index is 13.0. The Bertz CT molecular complexity index is 888. The number of halogens is 1. The third-order valence-electron chi connectivity index (χ3n) is 5.98. The normalized spacial score (nSPS) is 18.5. The van der Waals surface area contributed by atoms with Crippen LogP contribution < -0.4 is 5.32 Å². The van der Waals surface area contributed by atoms with E-state index in [9.17, 15) is 14.0 Å². The second-order valence-corrected chi connectivity index (χ2v) is 9.31. The molecule has 166 valence electrons. The molecule has 2 amide bonds. The van der Waals surface area contributed by atoms with Gasteiger partial charge in [-0.25, -0.2) is 4.39 Å². The molecule has 0 unspecified atom stereocenters. The number of nitrogens with one attached hydrogen (secondary N) is 1. The van der Waals surface area contributed by atoms with Crippen LogP contribution in [0.25, 0.3) is 0 Å². The van der Waals surface area contributed by atoms with Crippen molar-refractivity contribution in [3.63, 3.8) is 0 Å². The average Bonchev–Trinajstić information content (AvgIpc) is 3.08. The maximum Gasteiger partial charge on any atom is 0.286 e. The number of anilines is 1. The average molecular weight is 446 g/mol. The Morgan fingerprint density at radius 2 is 1.68 bits per heavy atom. The standard InChI is InChI=1S/C22H28FN5O2S/c23-17-5-7-18(8-6-17)24-20(29)21-26-25-19(31-21)15-27-13-9-16(10-14-27)22(30)28-11-3-1-2-4-12-28/h5-8,16H,1-4,9-15H2,(H,24,29). The van der Waals surface area contributed by atoms with Crippen molar-refractivity contribution in [2.24, 2.45) is 5.92 Å². The second-order valence-electron chi connectivity index (χ2n) is 8.25. The fourth-order valence-corrected chi connectivity index (χ4v) is 4.98. The molecule has 0 bridgehead atoms. The fourth-order valence-electron chi connectivity index (χ4n) is 4.21. The van der Waals surface area contributed by atoms with Crippen molar-refractivity contribution >= 4 is 28.8 Å². The van der Waals surface area contributed by atoms with Gasteiger partial charge in [0, 0.05) is 24.7 Å². The van der Waals surface area contributed by atoms with E-state index in [2.05, 4.69) is 25.3 Å². The third kappa shape index (κ3) is 5.86. The van der Waals surface area contributed by atoms with Crippen LogP contribution in [0.4, 0.5) is 10.1 Å². The highest BCUT2D eigenvalue weighted by atomic mass is 32.1. The van der Waals surface area contributed by atoms with Crippen LogP contribution in [0.2, 0.25) is 0 Å². The molecule has 1 aromatic carbocycles. The largest absolute Gasteiger partial charge is 0.342 e. The summed E-state index contributed by atoms with van der Waals surface area (Å²) in [6, 6.07) is 5.60. The van der Waals surface area contributed by atoms with Crippen molar-refractivity contribution in [2.45, 2.75) is 45.1 Å². The van der Waals surface area contributed by atoms with E-state index in [0.29, 0.717) is 18.1 Å². The van der Waals surface area contributed by atoms with Gasteiger partial charge in [0.05, 0.1) is 6.54 Å². The summed E-state index contributed by atoms with van der Waals surface area (Å²) < 4.78 is 13.0. The van der Waals surface area contributed by atoms with E-state index < -0.39 is 0 Å². The molecule has 3 heterocycles. The van der Waals surface area contributed by atoms with Crippen molar-refractivity contribution in [3.8, 4) is 0 Å². The van der Waals surface area contributed by atoms with Crippen LogP contribution in [0.3, 0.4) is 0 Å². The van der Waals surface area contributed by atoms with Gasteiger partial charge < -0.3 is 10.2 Å². The molecule has 31 heavy (non-hydrogen) atoms. The maximum absolute atomic E-state index is 13.0. The molecule has 2 saturated heterocycles. The molecule has 0 spiro atoms. The molecule has 1 aromatic heterocycles. The number of likely N-dealkylation sites (tertiary alicyclic amines) is 2. The summed E-state index contributed by atoms with van der Waals surface area (Å²) in [6.07, 6.45) is 6.44. The van der Waals surface area contributed by atoms with Gasteiger partial charge in [0.2, 0.25) is 10.9 Å². The first-order valence-corrected chi connectivity index (χ1v) is 11.8. The number of amides is 2. The highest BCUT2D eigenvalue weighted by Crippen LogP contribution is 2.24. The zero-order chi connectivity index (χ0) is 21.6. The summed E-state index contributed by atoms with van der Waals surface area (Å²) in [6.45, 7) is 4.15. The number of benzene rings is 1. The van der Waals surface area contributed by atoms with Crippen LogP contribution in [-0.2, 0) is 11.3 Å². The number of nitrogens with zero attached hydrogens (tertiary/aromatic N) is 4. The van der Waals surface area contributed by atoms with Gasteiger partial charge in [-0.2, -0.15) is 0 Å². The quantitative estimate of drug-likeness (QED) is 0.762. The minimum absolute atomic E-state index is 0.126. The first kappa shape index (κ1) is 21.8. The van der Waals surface area contributed by atoms with Crippen molar-refractivity contribution in [1.29, 1.82) is 0 Å². The Morgan fingerprint density at radius 3 is 2.35 bits per heavy atom. The van der Waals surface area contributed by atoms with E-state index in [4.69, 9.17) is 0 Å². The van der Waals surface area contributed by atoms with Crippen molar-refractivity contribution in [1.82, 2.24) is 20.0 Å². The van der Waals surface area contributed by atoms with Gasteiger partial charge in [0.25, 0.3) is 5.91 Å². The van der Waals surface area contributed by atoms with Crippen molar-refractivity contribution in [2.75, 3.05) is 31.5 Å². The van der Waals surface area contributed by atoms with E-state index in [1.165, 1.54) is 48.4 Å². The predicted molar refractivity (Wildman–Crippen MR) is 117 cm³/mol. The van der Waals surface area contributed by atoms with Crippen molar-refractivity contribution in [3.05, 3.63) is 40.1 Å². The summed E-state index contributed by atoms with van der Waals surface area (Å²) in [5.74, 6) is -0.247. The summed E-state index contributed by atoms with van der Waals surface area (Å²) >= 11 is 1.26. The molecule has 2 aliphatic heterocycles. The Kier molecular flexibility index (Phi) is 7.24. The lowest BCUT2D eigenvalue weighted by Crippen LogP contribution is -2.42. The van der Waals surface area contributed by atoms with Gasteiger partial charge in [-0.3, -0.25) is 14.5 Å². The molecule has 0 aliphatic carbocycles. The predicted octanol–water partition coefficient (Wildman–Crippen LogP) is 3.54. The highest BCUT2D eigenvalue weighted by Gasteiger charge is 2.29. The summed E-state index contributed by atoms with van der Waals surface area (Å²) in [5.41, 5.74) is 0.513. The molecule has 0 atom stereocenters. The van der Waals surface area contributed by atoms with Crippen LogP contribution in [0, 0.1) is 11.7 Å². The van der Waals surface area contributed by atoms with Gasteiger partial charge in [-0.1, -0.05) is 24.2 Å². The molecule has 7 nitrogen and oxygen atoms in total. The molecule has 2 aliphatic rings. The third-order valence-corrected chi connectivity index (χ3v) is 6.88. The highest BCUT2D eigenvalue weighted by molar-refractivity contribution is 7.13. The summed E-state index contributed by atoms with van der Waals surface area (Å²) in [7, 11) is 0. The van der Waals surface area contributed by atoms with Crippen LogP contribution in [0.1, 0.15) is 53.3 Å². The SMILES string of the molecule is O=C(Nc1ccc(F)cc1)c1nnc(CN2CCC(C(=O)N3CCCCCC3)CC2)s1. The molecule has 1 N–H and O–H groups in total. The molecular formula is C22H28FN5O2S. The molecule has 4 rings (SSSR count). The topological polar surface area (TPSA) is 78.4 Å². The molecule has 2 aromatic rings. The van der Waals surface area contributed by atoms with Crippen LogP contribution in [-0.4, -0.2) is 58.0 Å². The number of piperidine rings is 1. The molecular weight excluding hydrogens is 417 g/mol. The van der Waals surface area contributed by atoms with E-state index >= 15 is 0 Å².